The van der Waals surface area contributed by atoms with Gasteiger partial charge >= 0.3 is 0 Å². The number of para-hydroxylation sites is 1. The molecule has 0 aliphatic carbocycles. The van der Waals surface area contributed by atoms with E-state index in [1.165, 1.54) is 5.56 Å². The van der Waals surface area contributed by atoms with E-state index < -0.39 is 0 Å². The molecule has 0 saturated carbocycles. The Bertz CT molecular complexity index is 734. The molecule has 0 amide bonds. The normalized spacial score (nSPS) is 12.8. The molecule has 1 unspecified atom stereocenters. The zero-order valence-electron chi connectivity index (χ0n) is 11.5. The van der Waals surface area contributed by atoms with Crippen LogP contribution in [0.25, 0.3) is 11.0 Å². The second-order valence-corrected chi connectivity index (χ2v) is 5.17. The van der Waals surface area contributed by atoms with Crippen molar-refractivity contribution in [2.45, 2.75) is 25.8 Å². The third-order valence-electron chi connectivity index (χ3n) is 3.62. The van der Waals surface area contributed by atoms with Crippen LogP contribution in [0.15, 0.2) is 42.6 Å². The lowest BCUT2D eigenvalue weighted by atomic mass is 10.1. The second-order valence-electron chi connectivity index (χ2n) is 4.90. The molecule has 0 bridgehead atoms. The van der Waals surface area contributed by atoms with Gasteiger partial charge in [-0.1, -0.05) is 18.2 Å². The highest BCUT2D eigenvalue weighted by molar-refractivity contribution is 6.16. The lowest BCUT2D eigenvalue weighted by Gasteiger charge is -2.16. The van der Waals surface area contributed by atoms with Crippen molar-refractivity contribution in [1.29, 1.82) is 0 Å². The molecule has 0 aliphatic heterocycles. The van der Waals surface area contributed by atoms with Crippen molar-refractivity contribution in [2.75, 3.05) is 0 Å². The first-order valence-corrected chi connectivity index (χ1v) is 7.19. The summed E-state index contributed by atoms with van der Waals surface area (Å²) >= 11 is 6.08. The van der Waals surface area contributed by atoms with Crippen molar-refractivity contribution in [1.82, 2.24) is 14.5 Å². The number of rotatable bonds is 3. The van der Waals surface area contributed by atoms with Crippen molar-refractivity contribution >= 4 is 22.6 Å². The molecule has 0 aliphatic rings. The molecule has 3 aromatic rings. The number of hydrogen-bond acceptors (Lipinski definition) is 2. The molecular weight excluding hydrogens is 270 g/mol. The number of fused-ring (bicyclic) bond motifs is 1. The van der Waals surface area contributed by atoms with Crippen LogP contribution in [-0.2, 0) is 5.88 Å². The standard InChI is InChI=1S/C16H16ClN3/c1-11-6-5-8-14-16(11)19-15(10-17)20(14)12(2)13-7-3-4-9-18-13/h3-9,12H,10H2,1-2H3. The van der Waals surface area contributed by atoms with Crippen molar-refractivity contribution in [3.05, 3.63) is 59.7 Å². The summed E-state index contributed by atoms with van der Waals surface area (Å²) in [4.78, 5) is 9.13. The fraction of sp³-hybridized carbons (Fsp3) is 0.250. The first kappa shape index (κ1) is 13.1. The first-order chi connectivity index (χ1) is 9.72. The predicted molar refractivity (Wildman–Crippen MR) is 82.1 cm³/mol. The van der Waals surface area contributed by atoms with Crippen molar-refractivity contribution in [3.63, 3.8) is 0 Å². The van der Waals surface area contributed by atoms with Gasteiger partial charge in [-0.25, -0.2) is 4.98 Å². The largest absolute Gasteiger partial charge is 0.318 e. The maximum Gasteiger partial charge on any atom is 0.125 e. The number of aryl methyl sites for hydroxylation is 1. The maximum atomic E-state index is 6.08. The summed E-state index contributed by atoms with van der Waals surface area (Å²) in [6.07, 6.45) is 1.82. The molecule has 0 fully saturated rings. The summed E-state index contributed by atoms with van der Waals surface area (Å²) in [6.45, 7) is 4.20. The Morgan fingerprint density at radius 1 is 1.20 bits per heavy atom. The van der Waals surface area contributed by atoms with Crippen LogP contribution in [0.2, 0.25) is 0 Å². The quantitative estimate of drug-likeness (QED) is 0.679. The Labute approximate surface area is 123 Å². The minimum Gasteiger partial charge on any atom is -0.318 e. The fourth-order valence-electron chi connectivity index (χ4n) is 2.59. The van der Waals surface area contributed by atoms with E-state index in [1.807, 2.05) is 24.4 Å². The minimum atomic E-state index is 0.108. The van der Waals surface area contributed by atoms with Gasteiger partial charge in [0.1, 0.15) is 5.82 Å². The average Bonchev–Trinajstić information content (AvgIpc) is 2.87. The number of benzene rings is 1. The van der Waals surface area contributed by atoms with E-state index in [9.17, 15) is 0 Å². The van der Waals surface area contributed by atoms with Crippen LogP contribution in [0, 0.1) is 6.92 Å². The van der Waals surface area contributed by atoms with E-state index in [0.29, 0.717) is 5.88 Å². The van der Waals surface area contributed by atoms with Gasteiger partial charge in [0.2, 0.25) is 0 Å². The molecule has 20 heavy (non-hydrogen) atoms. The highest BCUT2D eigenvalue weighted by Gasteiger charge is 2.18. The molecule has 0 saturated heterocycles. The molecule has 4 heteroatoms. The first-order valence-electron chi connectivity index (χ1n) is 6.65. The van der Waals surface area contributed by atoms with E-state index >= 15 is 0 Å². The molecule has 2 aromatic heterocycles. The highest BCUT2D eigenvalue weighted by atomic mass is 35.5. The molecule has 102 valence electrons. The molecule has 0 radical (unpaired) electrons. The molecule has 3 rings (SSSR count). The van der Waals surface area contributed by atoms with Gasteiger partial charge in [-0.15, -0.1) is 11.6 Å². The lowest BCUT2D eigenvalue weighted by Crippen LogP contribution is -2.11. The van der Waals surface area contributed by atoms with Gasteiger partial charge in [0, 0.05) is 6.20 Å². The van der Waals surface area contributed by atoms with Gasteiger partial charge < -0.3 is 4.57 Å². The van der Waals surface area contributed by atoms with Gasteiger partial charge in [0.05, 0.1) is 28.6 Å². The number of alkyl halides is 1. The molecule has 3 nitrogen and oxygen atoms in total. The van der Waals surface area contributed by atoms with E-state index in [4.69, 9.17) is 11.6 Å². The highest BCUT2D eigenvalue weighted by Crippen LogP contribution is 2.27. The zero-order valence-corrected chi connectivity index (χ0v) is 12.3. The van der Waals surface area contributed by atoms with Gasteiger partial charge in [0.25, 0.3) is 0 Å². The Hall–Kier alpha value is -1.87. The van der Waals surface area contributed by atoms with E-state index in [2.05, 4.69) is 46.6 Å². The van der Waals surface area contributed by atoms with Crippen LogP contribution >= 0.6 is 11.6 Å². The van der Waals surface area contributed by atoms with Gasteiger partial charge in [-0.3, -0.25) is 4.98 Å². The van der Waals surface area contributed by atoms with Crippen LogP contribution in [0.4, 0.5) is 0 Å². The van der Waals surface area contributed by atoms with Crippen molar-refractivity contribution < 1.29 is 0 Å². The van der Waals surface area contributed by atoms with Crippen LogP contribution in [0.1, 0.15) is 30.0 Å². The topological polar surface area (TPSA) is 30.7 Å². The molecule has 1 atom stereocenters. The Balaban J connectivity index is 2.22. The van der Waals surface area contributed by atoms with Crippen LogP contribution in [0.5, 0.6) is 0 Å². The zero-order chi connectivity index (χ0) is 14.1. The predicted octanol–water partition coefficient (Wildman–Crippen LogP) is 4.09. The molecule has 0 spiro atoms. The van der Waals surface area contributed by atoms with Gasteiger partial charge in [0.15, 0.2) is 0 Å². The number of halogens is 1. The summed E-state index contributed by atoms with van der Waals surface area (Å²) in [5, 5.41) is 0. The maximum absolute atomic E-state index is 6.08. The minimum absolute atomic E-state index is 0.108. The van der Waals surface area contributed by atoms with Gasteiger partial charge in [-0.05, 0) is 37.6 Å². The molecule has 0 N–H and O–H groups in total. The molecule has 2 heterocycles. The fourth-order valence-corrected chi connectivity index (χ4v) is 2.78. The summed E-state index contributed by atoms with van der Waals surface area (Å²) < 4.78 is 2.18. The van der Waals surface area contributed by atoms with Crippen molar-refractivity contribution in [3.8, 4) is 0 Å². The number of imidazole rings is 1. The summed E-state index contributed by atoms with van der Waals surface area (Å²) in [5.74, 6) is 1.28. The van der Waals surface area contributed by atoms with Crippen LogP contribution in [0.3, 0.4) is 0 Å². The number of hydrogen-bond donors (Lipinski definition) is 0. The Morgan fingerprint density at radius 3 is 2.75 bits per heavy atom. The smallest absolute Gasteiger partial charge is 0.125 e. The third-order valence-corrected chi connectivity index (χ3v) is 3.86. The Kier molecular flexibility index (Phi) is 3.45. The second kappa shape index (κ2) is 5.25. The number of nitrogens with zero attached hydrogens (tertiary/aromatic N) is 3. The monoisotopic (exact) mass is 285 g/mol. The lowest BCUT2D eigenvalue weighted by molar-refractivity contribution is 0.616. The number of pyridine rings is 1. The SMILES string of the molecule is Cc1cccc2c1nc(CCl)n2C(C)c1ccccn1. The summed E-state index contributed by atoms with van der Waals surface area (Å²) in [7, 11) is 0. The van der Waals surface area contributed by atoms with Crippen molar-refractivity contribution in [2.24, 2.45) is 0 Å². The number of aromatic nitrogens is 3. The van der Waals surface area contributed by atoms with Crippen LogP contribution < -0.4 is 0 Å². The van der Waals surface area contributed by atoms with E-state index in [1.54, 1.807) is 0 Å². The van der Waals surface area contributed by atoms with E-state index in [-0.39, 0.29) is 6.04 Å². The Morgan fingerprint density at radius 2 is 2.05 bits per heavy atom. The van der Waals surface area contributed by atoms with Gasteiger partial charge in [-0.2, -0.15) is 0 Å². The van der Waals surface area contributed by atoms with E-state index in [0.717, 1.165) is 22.6 Å². The molecular formula is C16H16ClN3. The summed E-state index contributed by atoms with van der Waals surface area (Å²) in [5.41, 5.74) is 4.31. The summed E-state index contributed by atoms with van der Waals surface area (Å²) in [6, 6.07) is 12.3. The molecule has 1 aromatic carbocycles. The average molecular weight is 286 g/mol. The van der Waals surface area contributed by atoms with Crippen LogP contribution in [-0.4, -0.2) is 14.5 Å². The third kappa shape index (κ3) is 2.08.